The lowest BCUT2D eigenvalue weighted by molar-refractivity contribution is -0.145. The predicted octanol–water partition coefficient (Wildman–Crippen LogP) is 3.74. The van der Waals surface area contributed by atoms with Crippen LogP contribution in [-0.2, 0) is 16.0 Å². The van der Waals surface area contributed by atoms with Gasteiger partial charge in [-0.05, 0) is 31.9 Å². The summed E-state index contributed by atoms with van der Waals surface area (Å²) in [5.41, 5.74) is 0. The highest BCUT2D eigenvalue weighted by Crippen LogP contribution is 2.22. The molecular weight excluding hydrogens is 325 g/mol. The number of nitrogens with one attached hydrogen (secondary N) is 1. The maximum Gasteiger partial charge on any atom is 0.324 e. The predicted molar refractivity (Wildman–Crippen MR) is 84.4 cm³/mol. The molecule has 0 aromatic carbocycles. The largest absolute Gasteiger partial charge is 0.465 e. The Morgan fingerprint density at radius 3 is 2.95 bits per heavy atom. The second kappa shape index (κ2) is 9.88. The van der Waals surface area contributed by atoms with E-state index in [0.717, 1.165) is 16.5 Å². The SMILES string of the molecule is CCOC(=O)[C@H](CCCl)NSCCc1ccc(Cl)s1. The number of hydrogen-bond acceptors (Lipinski definition) is 5. The molecule has 1 heterocycles. The molecule has 0 fully saturated rings. The second-order valence-electron chi connectivity index (χ2n) is 3.70. The lowest BCUT2D eigenvalue weighted by Crippen LogP contribution is -2.34. The first kappa shape index (κ1) is 17.1. The fourth-order valence-electron chi connectivity index (χ4n) is 1.37. The fourth-order valence-corrected chi connectivity index (χ4v) is 3.66. The molecule has 1 N–H and O–H groups in total. The van der Waals surface area contributed by atoms with Crippen molar-refractivity contribution >= 4 is 52.5 Å². The number of esters is 1. The molecule has 108 valence electrons. The summed E-state index contributed by atoms with van der Waals surface area (Å²) in [6.07, 6.45) is 1.49. The van der Waals surface area contributed by atoms with E-state index in [9.17, 15) is 4.79 Å². The zero-order valence-corrected chi connectivity index (χ0v) is 13.8. The van der Waals surface area contributed by atoms with Crippen LogP contribution in [0, 0.1) is 0 Å². The molecule has 0 amide bonds. The molecule has 1 atom stereocenters. The van der Waals surface area contributed by atoms with E-state index in [-0.39, 0.29) is 12.0 Å². The van der Waals surface area contributed by atoms with Crippen molar-refractivity contribution in [3.8, 4) is 0 Å². The van der Waals surface area contributed by atoms with Gasteiger partial charge in [0.05, 0.1) is 10.9 Å². The Morgan fingerprint density at radius 1 is 1.58 bits per heavy atom. The smallest absolute Gasteiger partial charge is 0.324 e. The van der Waals surface area contributed by atoms with Crippen LogP contribution in [-0.4, -0.2) is 30.3 Å². The average molecular weight is 342 g/mol. The Balaban J connectivity index is 2.25. The van der Waals surface area contributed by atoms with E-state index in [2.05, 4.69) is 4.72 Å². The third kappa shape index (κ3) is 6.86. The van der Waals surface area contributed by atoms with Gasteiger partial charge >= 0.3 is 5.97 Å². The summed E-state index contributed by atoms with van der Waals surface area (Å²) in [6.45, 7) is 2.18. The minimum absolute atomic E-state index is 0.241. The monoisotopic (exact) mass is 341 g/mol. The normalized spacial score (nSPS) is 12.4. The summed E-state index contributed by atoms with van der Waals surface area (Å²) in [7, 11) is 0. The maximum atomic E-state index is 11.6. The summed E-state index contributed by atoms with van der Waals surface area (Å²) in [6, 6.07) is 3.58. The van der Waals surface area contributed by atoms with Gasteiger partial charge in [0.2, 0.25) is 0 Å². The van der Waals surface area contributed by atoms with Gasteiger partial charge in [0.15, 0.2) is 0 Å². The number of rotatable bonds is 9. The molecule has 0 saturated heterocycles. The molecular formula is C12H17Cl2NO2S2. The zero-order valence-electron chi connectivity index (χ0n) is 10.7. The molecule has 0 aliphatic carbocycles. The molecule has 0 bridgehead atoms. The lowest BCUT2D eigenvalue weighted by atomic mass is 10.2. The molecule has 0 unspecified atom stereocenters. The number of carbonyl (C=O) groups excluding carboxylic acids is 1. The van der Waals surface area contributed by atoms with E-state index in [1.807, 2.05) is 12.1 Å². The van der Waals surface area contributed by atoms with Gasteiger partial charge in [-0.1, -0.05) is 23.5 Å². The number of carbonyl (C=O) groups is 1. The minimum atomic E-state index is -0.339. The first-order chi connectivity index (χ1) is 9.17. The molecule has 0 radical (unpaired) electrons. The van der Waals surface area contributed by atoms with Crippen molar-refractivity contribution in [2.45, 2.75) is 25.8 Å². The van der Waals surface area contributed by atoms with E-state index < -0.39 is 0 Å². The number of aryl methyl sites for hydroxylation is 1. The third-order valence-electron chi connectivity index (χ3n) is 2.27. The molecule has 1 rings (SSSR count). The molecule has 1 aromatic rings. The Labute approximate surface area is 132 Å². The zero-order chi connectivity index (χ0) is 14.1. The van der Waals surface area contributed by atoms with Gasteiger partial charge in [0.25, 0.3) is 0 Å². The van der Waals surface area contributed by atoms with Crippen molar-refractivity contribution in [1.29, 1.82) is 0 Å². The lowest BCUT2D eigenvalue weighted by Gasteiger charge is -2.15. The van der Waals surface area contributed by atoms with Crippen molar-refractivity contribution in [2.24, 2.45) is 0 Å². The van der Waals surface area contributed by atoms with Crippen LogP contribution in [0.5, 0.6) is 0 Å². The highest BCUT2D eigenvalue weighted by molar-refractivity contribution is 7.97. The van der Waals surface area contributed by atoms with Gasteiger partial charge in [-0.25, -0.2) is 4.72 Å². The maximum absolute atomic E-state index is 11.6. The Morgan fingerprint density at radius 2 is 2.37 bits per heavy atom. The van der Waals surface area contributed by atoms with E-state index in [4.69, 9.17) is 27.9 Å². The number of ether oxygens (including phenoxy) is 1. The van der Waals surface area contributed by atoms with Gasteiger partial charge in [-0.3, -0.25) is 4.79 Å². The molecule has 7 heteroatoms. The van der Waals surface area contributed by atoms with Crippen molar-refractivity contribution in [3.63, 3.8) is 0 Å². The standard InChI is InChI=1S/C12H17Cl2NO2S2/c1-2-17-12(16)10(5-7-13)15-18-8-6-9-3-4-11(14)19-9/h3-4,10,15H,2,5-8H2,1H3/t10-/m0/s1. The number of halogens is 2. The summed E-state index contributed by atoms with van der Waals surface area (Å²) in [5.74, 6) is 1.06. The first-order valence-corrected chi connectivity index (χ1v) is 8.73. The first-order valence-electron chi connectivity index (χ1n) is 6.01. The van der Waals surface area contributed by atoms with Gasteiger partial charge in [0.1, 0.15) is 6.04 Å². The number of alkyl halides is 1. The van der Waals surface area contributed by atoms with Crippen molar-refractivity contribution in [3.05, 3.63) is 21.3 Å². The Bertz CT molecular complexity index is 388. The highest BCUT2D eigenvalue weighted by atomic mass is 35.5. The molecule has 0 aliphatic heterocycles. The topological polar surface area (TPSA) is 38.3 Å². The van der Waals surface area contributed by atoms with Crippen molar-refractivity contribution < 1.29 is 9.53 Å². The van der Waals surface area contributed by atoms with E-state index >= 15 is 0 Å². The molecule has 0 spiro atoms. The Hall–Kier alpha value is 0.0600. The van der Waals surface area contributed by atoms with Crippen LogP contribution in [0.25, 0.3) is 0 Å². The van der Waals surface area contributed by atoms with Crippen LogP contribution in [0.3, 0.4) is 0 Å². The summed E-state index contributed by atoms with van der Waals surface area (Å²) in [5, 5.41) is 0. The summed E-state index contributed by atoms with van der Waals surface area (Å²) < 4.78 is 8.90. The minimum Gasteiger partial charge on any atom is -0.465 e. The average Bonchev–Trinajstić information content (AvgIpc) is 2.79. The summed E-state index contributed by atoms with van der Waals surface area (Å²) >= 11 is 14.6. The second-order valence-corrected chi connectivity index (χ2v) is 6.81. The number of thiophene rings is 1. The van der Waals surface area contributed by atoms with Crippen LogP contribution in [0.4, 0.5) is 0 Å². The van der Waals surface area contributed by atoms with Crippen LogP contribution in [0.2, 0.25) is 4.34 Å². The quantitative estimate of drug-likeness (QED) is 0.321. The molecule has 0 aliphatic rings. The number of hydrogen-bond donors (Lipinski definition) is 1. The van der Waals surface area contributed by atoms with Crippen molar-refractivity contribution in [1.82, 2.24) is 4.72 Å². The fraction of sp³-hybridized carbons (Fsp3) is 0.583. The van der Waals surface area contributed by atoms with E-state index in [1.54, 1.807) is 18.3 Å². The molecule has 1 aromatic heterocycles. The third-order valence-corrected chi connectivity index (χ3v) is 4.64. The summed E-state index contributed by atoms with van der Waals surface area (Å²) in [4.78, 5) is 12.9. The van der Waals surface area contributed by atoms with Gasteiger partial charge < -0.3 is 4.74 Å². The van der Waals surface area contributed by atoms with Crippen LogP contribution in [0.15, 0.2) is 12.1 Å². The molecule has 0 saturated carbocycles. The molecule has 3 nitrogen and oxygen atoms in total. The van der Waals surface area contributed by atoms with E-state index in [0.29, 0.717) is 18.9 Å². The van der Waals surface area contributed by atoms with Gasteiger partial charge in [-0.15, -0.1) is 22.9 Å². The van der Waals surface area contributed by atoms with Crippen molar-refractivity contribution in [2.75, 3.05) is 18.2 Å². The highest BCUT2D eigenvalue weighted by Gasteiger charge is 2.18. The Kier molecular flexibility index (Phi) is 8.90. The van der Waals surface area contributed by atoms with E-state index in [1.165, 1.54) is 16.8 Å². The van der Waals surface area contributed by atoms with Gasteiger partial charge in [-0.2, -0.15) is 0 Å². The van der Waals surface area contributed by atoms with Crippen LogP contribution >= 0.6 is 46.5 Å². The van der Waals surface area contributed by atoms with Crippen LogP contribution < -0.4 is 4.72 Å². The van der Waals surface area contributed by atoms with Crippen LogP contribution in [0.1, 0.15) is 18.2 Å². The molecule has 19 heavy (non-hydrogen) atoms. The van der Waals surface area contributed by atoms with Gasteiger partial charge in [0, 0.05) is 16.5 Å².